The van der Waals surface area contributed by atoms with Crippen LogP contribution in [0.5, 0.6) is 0 Å². The van der Waals surface area contributed by atoms with Crippen molar-refractivity contribution in [2.45, 2.75) is 17.3 Å². The number of ether oxygens (including phenoxy) is 1. The summed E-state index contributed by atoms with van der Waals surface area (Å²) in [4.78, 5) is 24.6. The fraction of sp³-hybridized carbons (Fsp3) is 0.263. The van der Waals surface area contributed by atoms with Crippen molar-refractivity contribution in [2.24, 2.45) is 11.8 Å². The van der Waals surface area contributed by atoms with Crippen molar-refractivity contribution in [1.29, 1.82) is 0 Å². The summed E-state index contributed by atoms with van der Waals surface area (Å²) in [5.74, 6) is -1.05. The molecule has 4 aliphatic rings. The SMILES string of the molecule is O=C1OC(=O)C2C1C1c3ccccc3C13c1ccccc1C23. The molecule has 1 saturated heterocycles. The predicted molar refractivity (Wildman–Crippen MR) is 77.2 cm³/mol. The number of benzene rings is 2. The zero-order valence-electron chi connectivity index (χ0n) is 11.7. The van der Waals surface area contributed by atoms with Gasteiger partial charge in [-0.15, -0.1) is 0 Å². The highest BCUT2D eigenvalue weighted by atomic mass is 16.6. The van der Waals surface area contributed by atoms with Crippen LogP contribution in [0.4, 0.5) is 0 Å². The van der Waals surface area contributed by atoms with Gasteiger partial charge in [0.25, 0.3) is 0 Å². The van der Waals surface area contributed by atoms with E-state index in [1.165, 1.54) is 22.3 Å². The predicted octanol–water partition coefficient (Wildman–Crippen LogP) is 2.50. The first-order valence-electron chi connectivity index (χ1n) is 7.70. The Labute approximate surface area is 126 Å². The Hall–Kier alpha value is -2.42. The quantitative estimate of drug-likeness (QED) is 0.552. The average molecular weight is 288 g/mol. The molecule has 4 unspecified atom stereocenters. The second-order valence-corrected chi connectivity index (χ2v) is 6.79. The van der Waals surface area contributed by atoms with Crippen molar-refractivity contribution in [2.75, 3.05) is 0 Å². The third-order valence-electron chi connectivity index (χ3n) is 6.31. The number of hydrogen-bond donors (Lipinski definition) is 0. The maximum atomic E-state index is 12.3. The van der Waals surface area contributed by atoms with E-state index in [2.05, 4.69) is 36.4 Å². The second-order valence-electron chi connectivity index (χ2n) is 6.79. The molecule has 2 fully saturated rings. The van der Waals surface area contributed by atoms with Gasteiger partial charge >= 0.3 is 11.9 Å². The van der Waals surface area contributed by atoms with Gasteiger partial charge in [0.15, 0.2) is 0 Å². The number of esters is 2. The van der Waals surface area contributed by atoms with Gasteiger partial charge in [0.2, 0.25) is 0 Å². The van der Waals surface area contributed by atoms with Crippen LogP contribution in [0.25, 0.3) is 0 Å². The summed E-state index contributed by atoms with van der Waals surface area (Å²) >= 11 is 0. The summed E-state index contributed by atoms with van der Waals surface area (Å²) < 4.78 is 4.98. The number of rotatable bonds is 0. The Morgan fingerprint density at radius 2 is 1.18 bits per heavy atom. The zero-order valence-corrected chi connectivity index (χ0v) is 11.7. The van der Waals surface area contributed by atoms with E-state index in [4.69, 9.17) is 4.74 Å². The van der Waals surface area contributed by atoms with Gasteiger partial charge in [-0.3, -0.25) is 9.59 Å². The Bertz CT molecular complexity index is 824. The van der Waals surface area contributed by atoms with E-state index in [9.17, 15) is 9.59 Å². The molecule has 2 aromatic carbocycles. The first-order valence-corrected chi connectivity index (χ1v) is 7.70. The fourth-order valence-electron chi connectivity index (χ4n) is 5.80. The lowest BCUT2D eigenvalue weighted by Crippen LogP contribution is -2.53. The van der Waals surface area contributed by atoms with E-state index in [0.717, 1.165) is 0 Å². The Balaban J connectivity index is 1.71. The summed E-state index contributed by atoms with van der Waals surface area (Å²) in [6, 6.07) is 16.6. The van der Waals surface area contributed by atoms with Gasteiger partial charge < -0.3 is 4.74 Å². The Morgan fingerprint density at radius 3 is 1.68 bits per heavy atom. The topological polar surface area (TPSA) is 43.4 Å². The van der Waals surface area contributed by atoms with Crippen LogP contribution in [-0.2, 0) is 19.7 Å². The lowest BCUT2D eigenvalue weighted by atomic mass is 9.43. The van der Waals surface area contributed by atoms with Gasteiger partial charge in [-0.05, 0) is 22.3 Å². The van der Waals surface area contributed by atoms with Crippen LogP contribution in [-0.4, -0.2) is 11.9 Å². The Morgan fingerprint density at radius 1 is 0.727 bits per heavy atom. The monoisotopic (exact) mass is 288 g/mol. The lowest BCUT2D eigenvalue weighted by molar-refractivity contribution is -0.155. The second kappa shape index (κ2) is 3.17. The summed E-state index contributed by atoms with van der Waals surface area (Å²) in [6.45, 7) is 0. The van der Waals surface area contributed by atoms with Crippen molar-refractivity contribution < 1.29 is 14.3 Å². The van der Waals surface area contributed by atoms with Gasteiger partial charge in [-0.1, -0.05) is 48.5 Å². The van der Waals surface area contributed by atoms with E-state index in [0.29, 0.717) is 0 Å². The minimum atomic E-state index is -0.325. The minimum Gasteiger partial charge on any atom is -0.393 e. The molecule has 0 N–H and O–H groups in total. The van der Waals surface area contributed by atoms with Crippen LogP contribution < -0.4 is 0 Å². The smallest absolute Gasteiger partial charge is 0.318 e. The van der Waals surface area contributed by atoms with Gasteiger partial charge in [0.05, 0.1) is 11.8 Å². The molecule has 2 aromatic rings. The van der Waals surface area contributed by atoms with Crippen molar-refractivity contribution in [3.05, 3.63) is 70.8 Å². The van der Waals surface area contributed by atoms with Crippen LogP contribution in [0.1, 0.15) is 34.1 Å². The molecule has 0 bridgehead atoms. The summed E-state index contributed by atoms with van der Waals surface area (Å²) in [5.41, 5.74) is 4.93. The van der Waals surface area contributed by atoms with E-state index in [1.54, 1.807) is 0 Å². The molecule has 1 heterocycles. The molecule has 0 aromatic heterocycles. The molecule has 6 rings (SSSR count). The maximum absolute atomic E-state index is 12.3. The normalized spacial score (nSPS) is 38.7. The summed E-state index contributed by atoms with van der Waals surface area (Å²) in [5, 5.41) is 0. The number of hydrogen-bond acceptors (Lipinski definition) is 3. The average Bonchev–Trinajstić information content (AvgIpc) is 2.90. The zero-order chi connectivity index (χ0) is 14.6. The third kappa shape index (κ3) is 0.846. The molecule has 1 saturated carbocycles. The molecule has 1 spiro atoms. The lowest BCUT2D eigenvalue weighted by Gasteiger charge is -2.59. The summed E-state index contributed by atoms with van der Waals surface area (Å²) in [6.07, 6.45) is 0. The molecule has 3 aliphatic carbocycles. The highest BCUT2D eigenvalue weighted by molar-refractivity contribution is 6.01. The van der Waals surface area contributed by atoms with Gasteiger partial charge in [-0.25, -0.2) is 0 Å². The summed E-state index contributed by atoms with van der Waals surface area (Å²) in [7, 11) is 0. The third-order valence-corrected chi connectivity index (χ3v) is 6.31. The number of carbonyl (C=O) groups excluding carboxylic acids is 2. The first-order chi connectivity index (χ1) is 10.8. The molecule has 22 heavy (non-hydrogen) atoms. The molecule has 1 aliphatic heterocycles. The molecule has 3 nitrogen and oxygen atoms in total. The fourth-order valence-corrected chi connectivity index (χ4v) is 5.80. The molecule has 106 valence electrons. The van der Waals surface area contributed by atoms with Crippen LogP contribution in [0.2, 0.25) is 0 Å². The Kier molecular flexibility index (Phi) is 1.61. The first kappa shape index (κ1) is 11.2. The van der Waals surface area contributed by atoms with Crippen LogP contribution in [0, 0.1) is 11.8 Å². The largest absolute Gasteiger partial charge is 0.393 e. The van der Waals surface area contributed by atoms with E-state index < -0.39 is 0 Å². The molecule has 4 atom stereocenters. The maximum Gasteiger partial charge on any atom is 0.318 e. The van der Waals surface area contributed by atoms with Crippen LogP contribution >= 0.6 is 0 Å². The molecule has 3 heteroatoms. The number of cyclic esters (lactones) is 2. The van der Waals surface area contributed by atoms with Crippen molar-refractivity contribution in [3.63, 3.8) is 0 Å². The van der Waals surface area contributed by atoms with Gasteiger partial charge in [0.1, 0.15) is 0 Å². The van der Waals surface area contributed by atoms with Crippen LogP contribution in [0.3, 0.4) is 0 Å². The molecule has 0 radical (unpaired) electrons. The number of fused-ring (bicyclic) bond motifs is 7. The van der Waals surface area contributed by atoms with Crippen molar-refractivity contribution in [3.8, 4) is 0 Å². The van der Waals surface area contributed by atoms with Crippen molar-refractivity contribution >= 4 is 11.9 Å². The highest BCUT2D eigenvalue weighted by Crippen LogP contribution is 2.79. The van der Waals surface area contributed by atoms with E-state index >= 15 is 0 Å². The minimum absolute atomic E-state index is 0.104. The number of carbonyl (C=O) groups is 2. The van der Waals surface area contributed by atoms with E-state index in [1.807, 2.05) is 12.1 Å². The van der Waals surface area contributed by atoms with E-state index in [-0.39, 0.29) is 41.0 Å². The van der Waals surface area contributed by atoms with Gasteiger partial charge in [0, 0.05) is 17.3 Å². The molecular formula is C19H12O3. The molecule has 0 amide bonds. The highest BCUT2D eigenvalue weighted by Gasteiger charge is 2.78. The standard InChI is InChI=1S/C19H12O3/c20-17-13-14(18(21)22-17)16-10-6-2-4-8-12(10)19(16)11-7-3-1-5-9(11)15(13)19/h1-8,13-16H. The van der Waals surface area contributed by atoms with Gasteiger partial charge in [-0.2, -0.15) is 0 Å². The molecular weight excluding hydrogens is 276 g/mol. The van der Waals surface area contributed by atoms with Crippen LogP contribution in [0.15, 0.2) is 48.5 Å². The van der Waals surface area contributed by atoms with Crippen molar-refractivity contribution in [1.82, 2.24) is 0 Å².